The van der Waals surface area contributed by atoms with E-state index in [1.165, 1.54) is 6.20 Å². The minimum absolute atomic E-state index is 0.0422. The van der Waals surface area contributed by atoms with Gasteiger partial charge in [0.2, 0.25) is 0 Å². The van der Waals surface area contributed by atoms with Crippen molar-refractivity contribution in [1.82, 2.24) is 9.78 Å². The highest BCUT2D eigenvalue weighted by Gasteiger charge is 2.61. The van der Waals surface area contributed by atoms with E-state index in [0.717, 1.165) is 58.0 Å². The molecule has 0 saturated heterocycles. The van der Waals surface area contributed by atoms with Crippen LogP contribution in [0.3, 0.4) is 0 Å². The van der Waals surface area contributed by atoms with Crippen LogP contribution in [0.25, 0.3) is 0 Å². The summed E-state index contributed by atoms with van der Waals surface area (Å²) in [6.45, 7) is 5.87. The summed E-state index contributed by atoms with van der Waals surface area (Å²) in [5.41, 5.74) is 0.605. The lowest BCUT2D eigenvalue weighted by Crippen LogP contribution is -2.55. The smallest absolute Gasteiger partial charge is 0.157 e. The molecule has 0 spiro atoms. The molecule has 176 valence electrons. The van der Waals surface area contributed by atoms with E-state index in [1.54, 1.807) is 18.0 Å². The number of ether oxygens (including phenoxy) is 1. The second-order valence-electron chi connectivity index (χ2n) is 10.9. The molecule has 3 aliphatic rings. The number of carbonyl (C=O) groups excluding carboxylic acids is 1. The lowest BCUT2D eigenvalue weighted by Gasteiger charge is -2.59. The van der Waals surface area contributed by atoms with Crippen molar-refractivity contribution in [3.63, 3.8) is 0 Å². The van der Waals surface area contributed by atoms with Gasteiger partial charge >= 0.3 is 0 Å². The molecule has 6 nitrogen and oxygen atoms in total. The van der Waals surface area contributed by atoms with E-state index >= 15 is 0 Å². The van der Waals surface area contributed by atoms with Crippen molar-refractivity contribution < 1.29 is 14.6 Å². The van der Waals surface area contributed by atoms with Crippen LogP contribution in [-0.2, 0) is 16.1 Å². The fraction of sp³-hybridized carbons (Fsp3) is 0.808. The van der Waals surface area contributed by atoms with E-state index in [-0.39, 0.29) is 35.7 Å². The Balaban J connectivity index is 1.56. The molecule has 7 atom stereocenters. The Kier molecular flexibility index (Phi) is 6.79. The molecule has 1 aromatic heterocycles. The first-order valence-electron chi connectivity index (χ1n) is 12.5. The minimum atomic E-state index is 0.0422. The average molecular weight is 442 g/mol. The standard InChI is InChI=1S/C26H39N3O3/c1-4-10-26(17-32-3)19(16-30)5-6-20-21-7-8-23(25(21,2)11-9-22(20)26)24(31)15-29-14-18(12-27)13-28-29/h13-14,19-23,30H,4-11,15-17H2,1-3H3/t19-,20+,21?,22?,23-,25+,26?/m1/s1. The van der Waals surface area contributed by atoms with Crippen LogP contribution in [0.15, 0.2) is 12.4 Å². The second kappa shape index (κ2) is 9.27. The molecular weight excluding hydrogens is 402 g/mol. The molecule has 0 amide bonds. The third kappa shape index (κ3) is 3.72. The van der Waals surface area contributed by atoms with Gasteiger partial charge in [0.05, 0.1) is 24.9 Å². The van der Waals surface area contributed by atoms with E-state index in [9.17, 15) is 9.90 Å². The first kappa shape index (κ1) is 23.4. The zero-order valence-corrected chi connectivity index (χ0v) is 19.9. The highest BCUT2D eigenvalue weighted by Crippen LogP contribution is 2.66. The normalized spacial score (nSPS) is 38.7. The summed E-state index contributed by atoms with van der Waals surface area (Å²) in [5.74, 6) is 2.41. The van der Waals surface area contributed by atoms with Gasteiger partial charge in [0.25, 0.3) is 0 Å². The van der Waals surface area contributed by atoms with E-state index in [4.69, 9.17) is 10.00 Å². The number of aromatic nitrogens is 2. The minimum Gasteiger partial charge on any atom is -0.396 e. The number of Topliss-reactive ketones (excluding diaryl/α,β-unsaturated/α-hetero) is 1. The number of rotatable bonds is 8. The molecule has 0 bridgehead atoms. The molecular formula is C26H39N3O3. The number of nitriles is 1. The molecule has 3 saturated carbocycles. The highest BCUT2D eigenvalue weighted by atomic mass is 16.5. The number of methoxy groups -OCH3 is 1. The Morgan fingerprint density at radius 1 is 1.31 bits per heavy atom. The van der Waals surface area contributed by atoms with Crippen LogP contribution in [-0.4, -0.2) is 41.0 Å². The summed E-state index contributed by atoms with van der Waals surface area (Å²) in [5, 5.41) is 23.5. The number of hydrogen-bond acceptors (Lipinski definition) is 5. The van der Waals surface area contributed by atoms with Crippen molar-refractivity contribution in [2.45, 2.75) is 71.8 Å². The molecule has 3 fully saturated rings. The number of hydrogen-bond donors (Lipinski definition) is 1. The van der Waals surface area contributed by atoms with Crippen LogP contribution < -0.4 is 0 Å². The lowest BCUT2D eigenvalue weighted by molar-refractivity contribution is -0.148. The van der Waals surface area contributed by atoms with Gasteiger partial charge in [0.1, 0.15) is 6.07 Å². The predicted octanol–water partition coefficient (Wildman–Crippen LogP) is 4.22. The summed E-state index contributed by atoms with van der Waals surface area (Å²) in [7, 11) is 1.81. The fourth-order valence-corrected chi connectivity index (χ4v) is 8.39. The lowest BCUT2D eigenvalue weighted by atomic mass is 9.46. The van der Waals surface area contributed by atoms with Crippen LogP contribution in [0.4, 0.5) is 0 Å². The van der Waals surface area contributed by atoms with Crippen LogP contribution in [0, 0.1) is 51.8 Å². The van der Waals surface area contributed by atoms with Crippen molar-refractivity contribution in [3.05, 3.63) is 18.0 Å². The molecule has 0 radical (unpaired) electrons. The van der Waals surface area contributed by atoms with Gasteiger partial charge in [-0.3, -0.25) is 9.48 Å². The zero-order valence-electron chi connectivity index (χ0n) is 19.9. The number of aliphatic hydroxyl groups is 1. The molecule has 0 aromatic carbocycles. The van der Waals surface area contributed by atoms with E-state index in [1.807, 2.05) is 0 Å². The zero-order chi connectivity index (χ0) is 22.9. The van der Waals surface area contributed by atoms with Gasteiger partial charge in [0.15, 0.2) is 5.78 Å². The number of carbonyl (C=O) groups is 1. The Hall–Kier alpha value is -1.71. The van der Waals surface area contributed by atoms with Gasteiger partial charge in [-0.2, -0.15) is 10.4 Å². The predicted molar refractivity (Wildman–Crippen MR) is 122 cm³/mol. The quantitative estimate of drug-likeness (QED) is 0.653. The SMILES string of the molecule is CCCC1(COC)C2CC[C@@]3(C)C(CC[C@@H]3C(=O)Cn3cc(C#N)cn3)[C@@H]2CC[C@@H]1CO. The molecule has 32 heavy (non-hydrogen) atoms. The van der Waals surface area contributed by atoms with Crippen LogP contribution >= 0.6 is 0 Å². The Morgan fingerprint density at radius 3 is 2.78 bits per heavy atom. The van der Waals surface area contributed by atoms with Crippen LogP contribution in [0.5, 0.6) is 0 Å². The van der Waals surface area contributed by atoms with Crippen molar-refractivity contribution in [2.75, 3.05) is 20.3 Å². The molecule has 3 aliphatic carbocycles. The molecule has 1 aromatic rings. The highest BCUT2D eigenvalue weighted by molar-refractivity contribution is 5.82. The van der Waals surface area contributed by atoms with Crippen molar-refractivity contribution in [1.29, 1.82) is 5.26 Å². The van der Waals surface area contributed by atoms with Gasteiger partial charge in [-0.15, -0.1) is 0 Å². The maximum absolute atomic E-state index is 13.4. The number of nitrogens with zero attached hydrogens (tertiary/aromatic N) is 3. The molecule has 0 aliphatic heterocycles. The summed E-state index contributed by atoms with van der Waals surface area (Å²) < 4.78 is 7.42. The topological polar surface area (TPSA) is 88.1 Å². The second-order valence-corrected chi connectivity index (χ2v) is 10.9. The molecule has 1 heterocycles. The Bertz CT molecular complexity index is 853. The molecule has 3 unspecified atom stereocenters. The largest absolute Gasteiger partial charge is 0.396 e. The van der Waals surface area contributed by atoms with Gasteiger partial charge in [0, 0.05) is 31.2 Å². The van der Waals surface area contributed by atoms with Crippen LogP contribution in [0.1, 0.15) is 70.8 Å². The molecule has 6 heteroatoms. The van der Waals surface area contributed by atoms with E-state index in [2.05, 4.69) is 25.0 Å². The van der Waals surface area contributed by atoms with Gasteiger partial charge in [-0.05, 0) is 74.0 Å². The third-order valence-electron chi connectivity index (χ3n) is 9.65. The fourth-order valence-electron chi connectivity index (χ4n) is 8.39. The van der Waals surface area contributed by atoms with Crippen molar-refractivity contribution in [3.8, 4) is 6.07 Å². The van der Waals surface area contributed by atoms with Crippen molar-refractivity contribution >= 4 is 5.78 Å². The monoisotopic (exact) mass is 441 g/mol. The van der Waals surface area contributed by atoms with Gasteiger partial charge in [-0.1, -0.05) is 20.3 Å². The number of fused-ring (bicyclic) bond motifs is 3. The maximum Gasteiger partial charge on any atom is 0.157 e. The molecule has 4 rings (SSSR count). The summed E-state index contributed by atoms with van der Waals surface area (Å²) in [4.78, 5) is 13.4. The first-order valence-corrected chi connectivity index (χ1v) is 12.5. The Morgan fingerprint density at radius 2 is 2.12 bits per heavy atom. The van der Waals surface area contributed by atoms with E-state index in [0.29, 0.717) is 29.2 Å². The van der Waals surface area contributed by atoms with E-state index < -0.39 is 0 Å². The Labute approximate surface area is 192 Å². The van der Waals surface area contributed by atoms with Gasteiger partial charge < -0.3 is 9.84 Å². The number of ketones is 1. The summed E-state index contributed by atoms with van der Waals surface area (Å²) in [6.07, 6.45) is 11.9. The number of aliphatic hydroxyl groups excluding tert-OH is 1. The van der Waals surface area contributed by atoms with Gasteiger partial charge in [-0.25, -0.2) is 0 Å². The first-order chi connectivity index (χ1) is 15.4. The summed E-state index contributed by atoms with van der Waals surface area (Å²) >= 11 is 0. The maximum atomic E-state index is 13.4. The summed E-state index contributed by atoms with van der Waals surface area (Å²) in [6, 6.07) is 2.09. The van der Waals surface area contributed by atoms with Crippen LogP contribution in [0.2, 0.25) is 0 Å². The molecule has 1 N–H and O–H groups in total. The third-order valence-corrected chi connectivity index (χ3v) is 9.65. The average Bonchev–Trinajstić information content (AvgIpc) is 3.38. The van der Waals surface area contributed by atoms with Crippen molar-refractivity contribution in [2.24, 2.45) is 40.4 Å².